The molecule has 0 radical (unpaired) electrons. The van der Waals surface area contributed by atoms with Crippen LogP contribution in [0.1, 0.15) is 0 Å². The van der Waals surface area contributed by atoms with Gasteiger partial charge < -0.3 is 24.0 Å². The molecule has 0 N–H and O–H groups in total. The summed E-state index contributed by atoms with van der Waals surface area (Å²) >= 11 is 0. The van der Waals surface area contributed by atoms with E-state index in [0.29, 0.717) is 5.75 Å². The standard InChI is InChI=1S/C11H9N2O3.HI/c14-13(15)10-4-6-11(7-5-10)16-12-8-2-1-3-9-12;/h1-9H;1H/q+1;/p-1. The van der Waals surface area contributed by atoms with Gasteiger partial charge in [-0.05, 0) is 12.1 Å². The number of nitro groups is 1. The van der Waals surface area contributed by atoms with Crippen molar-refractivity contribution in [2.45, 2.75) is 0 Å². The van der Waals surface area contributed by atoms with Crippen LogP contribution in [0.5, 0.6) is 5.75 Å². The molecular formula is C11H9IN2O3. The molecule has 0 saturated carbocycles. The molecule has 0 fully saturated rings. The molecule has 0 spiro atoms. The van der Waals surface area contributed by atoms with Crippen LogP contribution in [0.3, 0.4) is 0 Å². The molecule has 0 aliphatic rings. The normalized spacial score (nSPS) is 9.18. The van der Waals surface area contributed by atoms with E-state index in [1.807, 2.05) is 18.2 Å². The summed E-state index contributed by atoms with van der Waals surface area (Å²) in [4.78, 5) is 15.4. The zero-order valence-electron chi connectivity index (χ0n) is 8.69. The minimum absolute atomic E-state index is 0. The average molecular weight is 344 g/mol. The number of non-ortho nitro benzene ring substituents is 1. The lowest BCUT2D eigenvalue weighted by molar-refractivity contribution is -0.875. The van der Waals surface area contributed by atoms with Crippen molar-refractivity contribution in [3.8, 4) is 5.75 Å². The maximum absolute atomic E-state index is 10.4. The third kappa shape index (κ3) is 3.66. The maximum Gasteiger partial charge on any atom is 0.269 e. The molecule has 0 aliphatic heterocycles. The molecule has 1 aromatic heterocycles. The number of halogens is 1. The first-order chi connectivity index (χ1) is 7.75. The number of rotatable bonds is 3. The molecule has 88 valence electrons. The third-order valence-electron chi connectivity index (χ3n) is 1.95. The van der Waals surface area contributed by atoms with Gasteiger partial charge in [0.15, 0.2) is 0 Å². The van der Waals surface area contributed by atoms with Gasteiger partial charge in [0.05, 0.1) is 4.92 Å². The lowest BCUT2D eigenvalue weighted by Crippen LogP contribution is -3.00. The monoisotopic (exact) mass is 344 g/mol. The third-order valence-corrected chi connectivity index (χ3v) is 1.95. The van der Waals surface area contributed by atoms with Gasteiger partial charge in [-0.3, -0.25) is 10.1 Å². The maximum atomic E-state index is 10.4. The molecule has 5 nitrogen and oxygen atoms in total. The van der Waals surface area contributed by atoms with Crippen LogP contribution >= 0.6 is 0 Å². The van der Waals surface area contributed by atoms with Gasteiger partial charge in [-0.2, -0.15) is 0 Å². The summed E-state index contributed by atoms with van der Waals surface area (Å²) in [6.07, 6.45) is 3.48. The van der Waals surface area contributed by atoms with Crippen LogP contribution in [0.15, 0.2) is 54.9 Å². The SMILES string of the molecule is O=[N+]([O-])c1ccc(O[n+]2ccccc2)cc1.[I-]. The smallest absolute Gasteiger partial charge is 0.269 e. The quantitative estimate of drug-likeness (QED) is 0.302. The predicted molar refractivity (Wildman–Crippen MR) is 55.8 cm³/mol. The van der Waals surface area contributed by atoms with E-state index in [2.05, 4.69) is 0 Å². The van der Waals surface area contributed by atoms with Gasteiger partial charge in [0, 0.05) is 29.0 Å². The highest BCUT2D eigenvalue weighted by atomic mass is 127. The van der Waals surface area contributed by atoms with Gasteiger partial charge in [-0.1, -0.05) is 6.07 Å². The molecule has 17 heavy (non-hydrogen) atoms. The fraction of sp³-hybridized carbons (Fsp3) is 0. The lowest BCUT2D eigenvalue weighted by Gasteiger charge is -1.96. The van der Waals surface area contributed by atoms with E-state index in [9.17, 15) is 10.1 Å². The Morgan fingerprint density at radius 3 is 2.18 bits per heavy atom. The van der Waals surface area contributed by atoms with Crippen LogP contribution < -0.4 is 33.5 Å². The lowest BCUT2D eigenvalue weighted by atomic mass is 10.3. The highest BCUT2D eigenvalue weighted by Gasteiger charge is 2.07. The highest BCUT2D eigenvalue weighted by molar-refractivity contribution is 5.35. The average Bonchev–Trinajstić information content (AvgIpc) is 2.31. The zero-order valence-corrected chi connectivity index (χ0v) is 10.9. The number of aromatic nitrogens is 1. The van der Waals surface area contributed by atoms with Crippen molar-refractivity contribution in [2.75, 3.05) is 0 Å². The summed E-state index contributed by atoms with van der Waals surface area (Å²) in [5.74, 6) is 0.543. The molecule has 0 bridgehead atoms. The second kappa shape index (κ2) is 6.14. The number of nitrogens with zero attached hydrogens (tertiary/aromatic N) is 2. The van der Waals surface area contributed by atoms with Gasteiger partial charge in [-0.15, -0.1) is 0 Å². The van der Waals surface area contributed by atoms with E-state index in [1.165, 1.54) is 16.9 Å². The van der Waals surface area contributed by atoms with Crippen molar-refractivity contribution < 1.29 is 38.5 Å². The van der Waals surface area contributed by atoms with E-state index in [0.717, 1.165) is 0 Å². The summed E-state index contributed by atoms with van der Waals surface area (Å²) in [7, 11) is 0. The van der Waals surface area contributed by atoms with Crippen molar-refractivity contribution in [3.63, 3.8) is 0 Å². The predicted octanol–water partition coefficient (Wildman–Crippen LogP) is -1.27. The first-order valence-corrected chi connectivity index (χ1v) is 4.65. The van der Waals surface area contributed by atoms with Crippen LogP contribution in [-0.2, 0) is 0 Å². The highest BCUT2D eigenvalue weighted by Crippen LogP contribution is 2.16. The van der Waals surface area contributed by atoms with Crippen LogP contribution in [-0.4, -0.2) is 4.92 Å². The van der Waals surface area contributed by atoms with E-state index >= 15 is 0 Å². The molecule has 6 heteroatoms. The Hall–Kier alpha value is -1.70. The second-order valence-electron chi connectivity index (χ2n) is 3.08. The molecule has 2 aromatic rings. The minimum atomic E-state index is -0.445. The molecule has 0 unspecified atom stereocenters. The van der Waals surface area contributed by atoms with E-state index < -0.39 is 4.92 Å². The summed E-state index contributed by atoms with van der Waals surface area (Å²) < 4.78 is 1.52. The van der Waals surface area contributed by atoms with Crippen LogP contribution in [0.25, 0.3) is 0 Å². The molecule has 0 atom stereocenters. The van der Waals surface area contributed by atoms with E-state index in [4.69, 9.17) is 4.84 Å². The summed E-state index contributed by atoms with van der Waals surface area (Å²) in [5.41, 5.74) is 0.0467. The van der Waals surface area contributed by atoms with Crippen molar-refractivity contribution >= 4 is 5.69 Å². The minimum Gasteiger partial charge on any atom is -1.00 e. The number of pyridine rings is 1. The van der Waals surface area contributed by atoms with Crippen LogP contribution in [0.2, 0.25) is 0 Å². The van der Waals surface area contributed by atoms with Crippen LogP contribution in [0, 0.1) is 10.1 Å². The van der Waals surface area contributed by atoms with Crippen molar-refractivity contribution in [1.29, 1.82) is 0 Å². The summed E-state index contributed by atoms with van der Waals surface area (Å²) in [5, 5.41) is 10.4. The molecule has 2 rings (SSSR count). The number of nitro benzene ring substituents is 1. The topological polar surface area (TPSA) is 56.3 Å². The van der Waals surface area contributed by atoms with Crippen molar-refractivity contribution in [3.05, 3.63) is 65.0 Å². The van der Waals surface area contributed by atoms with Gasteiger partial charge in [-0.25, -0.2) is 4.84 Å². The number of benzene rings is 1. The van der Waals surface area contributed by atoms with Crippen molar-refractivity contribution in [1.82, 2.24) is 0 Å². The van der Waals surface area contributed by atoms with Gasteiger partial charge in [0.2, 0.25) is 18.1 Å². The zero-order chi connectivity index (χ0) is 11.4. The van der Waals surface area contributed by atoms with Gasteiger partial charge >= 0.3 is 0 Å². The second-order valence-corrected chi connectivity index (χ2v) is 3.08. The molecule has 0 amide bonds. The molecule has 0 saturated heterocycles. The Kier molecular flexibility index (Phi) is 4.83. The molecule has 1 aromatic carbocycles. The Morgan fingerprint density at radius 1 is 1.06 bits per heavy atom. The van der Waals surface area contributed by atoms with Gasteiger partial charge in [0.25, 0.3) is 5.69 Å². The Balaban J connectivity index is 0.00000144. The first-order valence-electron chi connectivity index (χ1n) is 4.65. The Labute approximate surface area is 115 Å². The fourth-order valence-corrected chi connectivity index (χ4v) is 1.19. The molecular weight excluding hydrogens is 335 g/mol. The summed E-state index contributed by atoms with van der Waals surface area (Å²) in [6, 6.07) is 11.4. The number of hydrogen-bond donors (Lipinski definition) is 0. The first kappa shape index (κ1) is 13.4. The Morgan fingerprint density at radius 2 is 1.65 bits per heavy atom. The fourth-order valence-electron chi connectivity index (χ4n) is 1.19. The Bertz CT molecular complexity index is 488. The van der Waals surface area contributed by atoms with Gasteiger partial charge in [0.1, 0.15) is 0 Å². The van der Waals surface area contributed by atoms with E-state index in [-0.39, 0.29) is 29.7 Å². The number of hydrogen-bond acceptors (Lipinski definition) is 3. The van der Waals surface area contributed by atoms with Crippen molar-refractivity contribution in [2.24, 2.45) is 0 Å². The van der Waals surface area contributed by atoms with Crippen LogP contribution in [0.4, 0.5) is 5.69 Å². The largest absolute Gasteiger partial charge is 1.00 e. The van der Waals surface area contributed by atoms with E-state index in [1.54, 1.807) is 24.5 Å². The molecule has 1 heterocycles. The molecule has 0 aliphatic carbocycles. The summed E-state index contributed by atoms with van der Waals surface area (Å²) in [6.45, 7) is 0.